The molecule has 22 heavy (non-hydrogen) atoms. The van der Waals surface area contributed by atoms with Crippen LogP contribution in [0, 0.1) is 0 Å². The van der Waals surface area contributed by atoms with E-state index >= 15 is 0 Å². The number of hydrogen-bond donors (Lipinski definition) is 1. The molecular weight excluding hydrogens is 276 g/mol. The van der Waals surface area contributed by atoms with Gasteiger partial charge in [0.2, 0.25) is 0 Å². The van der Waals surface area contributed by atoms with Gasteiger partial charge in [-0.15, -0.1) is 0 Å². The van der Waals surface area contributed by atoms with Gasteiger partial charge in [0.1, 0.15) is 5.75 Å². The second-order valence-electron chi connectivity index (χ2n) is 5.62. The Morgan fingerprint density at radius 3 is 2.00 bits per heavy atom. The number of carbonyl (C=O) groups is 1. The predicted octanol–water partition coefficient (Wildman–Crippen LogP) is 3.40. The summed E-state index contributed by atoms with van der Waals surface area (Å²) >= 11 is 0. The minimum atomic E-state index is 0.122. The van der Waals surface area contributed by atoms with Crippen molar-refractivity contribution in [1.82, 2.24) is 4.90 Å². The number of hydrogen-bond acceptors (Lipinski definition) is 3. The molecule has 1 saturated heterocycles. The number of anilines is 2. The smallest absolute Gasteiger partial charge is 0.253 e. The summed E-state index contributed by atoms with van der Waals surface area (Å²) < 4.78 is 0. The van der Waals surface area contributed by atoms with Crippen LogP contribution in [0.5, 0.6) is 5.75 Å². The van der Waals surface area contributed by atoms with Crippen molar-refractivity contribution in [1.29, 1.82) is 0 Å². The Kier molecular flexibility index (Phi) is 4.00. The highest BCUT2D eigenvalue weighted by Gasteiger charge is 2.19. The molecule has 0 unspecified atom stereocenters. The monoisotopic (exact) mass is 296 g/mol. The van der Waals surface area contributed by atoms with Gasteiger partial charge in [-0.3, -0.25) is 4.79 Å². The largest absolute Gasteiger partial charge is 0.508 e. The Hall–Kier alpha value is -2.49. The van der Waals surface area contributed by atoms with Crippen LogP contribution in [0.4, 0.5) is 11.4 Å². The molecule has 4 heteroatoms. The van der Waals surface area contributed by atoms with E-state index in [0.29, 0.717) is 0 Å². The summed E-state index contributed by atoms with van der Waals surface area (Å²) in [5.41, 5.74) is 2.73. The summed E-state index contributed by atoms with van der Waals surface area (Å²) in [7, 11) is 1.96. The number of likely N-dealkylation sites (tertiary alicyclic amines) is 1. The third kappa shape index (κ3) is 2.91. The highest BCUT2D eigenvalue weighted by molar-refractivity contribution is 5.94. The van der Waals surface area contributed by atoms with Crippen LogP contribution in [-0.2, 0) is 0 Å². The van der Waals surface area contributed by atoms with Crippen LogP contribution in [0.15, 0.2) is 48.5 Å². The molecule has 4 nitrogen and oxygen atoms in total. The molecule has 3 rings (SSSR count). The molecule has 1 heterocycles. The fourth-order valence-electron chi connectivity index (χ4n) is 2.76. The van der Waals surface area contributed by atoms with Crippen molar-refractivity contribution in [3.63, 3.8) is 0 Å². The summed E-state index contributed by atoms with van der Waals surface area (Å²) in [5, 5.41) is 9.35. The molecular formula is C18H20N2O2. The lowest BCUT2D eigenvalue weighted by molar-refractivity contribution is 0.0793. The van der Waals surface area contributed by atoms with E-state index in [-0.39, 0.29) is 11.7 Å². The average molecular weight is 296 g/mol. The zero-order chi connectivity index (χ0) is 15.5. The summed E-state index contributed by atoms with van der Waals surface area (Å²) in [6, 6.07) is 14.7. The number of nitrogens with zero attached hydrogens (tertiary/aromatic N) is 2. The number of rotatable bonds is 3. The first kappa shape index (κ1) is 14.4. The van der Waals surface area contributed by atoms with Gasteiger partial charge in [0.15, 0.2) is 0 Å². The van der Waals surface area contributed by atoms with Crippen LogP contribution >= 0.6 is 0 Å². The van der Waals surface area contributed by atoms with Gasteiger partial charge in [-0.2, -0.15) is 0 Å². The van der Waals surface area contributed by atoms with Crippen molar-refractivity contribution >= 4 is 17.3 Å². The third-order valence-corrected chi connectivity index (χ3v) is 4.13. The molecule has 0 aliphatic carbocycles. The van der Waals surface area contributed by atoms with E-state index < -0.39 is 0 Å². The number of aromatic hydroxyl groups is 1. The van der Waals surface area contributed by atoms with E-state index in [0.717, 1.165) is 42.9 Å². The molecule has 1 N–H and O–H groups in total. The maximum atomic E-state index is 12.3. The van der Waals surface area contributed by atoms with Gasteiger partial charge in [-0.25, -0.2) is 0 Å². The van der Waals surface area contributed by atoms with Crippen LogP contribution < -0.4 is 4.90 Å². The van der Waals surface area contributed by atoms with Crippen molar-refractivity contribution in [3.05, 3.63) is 54.1 Å². The second kappa shape index (κ2) is 6.10. The topological polar surface area (TPSA) is 43.8 Å². The van der Waals surface area contributed by atoms with Gasteiger partial charge < -0.3 is 14.9 Å². The Morgan fingerprint density at radius 1 is 0.955 bits per heavy atom. The van der Waals surface area contributed by atoms with Crippen molar-refractivity contribution in [2.45, 2.75) is 12.8 Å². The molecule has 1 aliphatic heterocycles. The summed E-state index contributed by atoms with van der Waals surface area (Å²) in [4.78, 5) is 16.3. The maximum Gasteiger partial charge on any atom is 0.253 e. The zero-order valence-electron chi connectivity index (χ0n) is 12.7. The normalized spacial score (nSPS) is 14.1. The Labute approximate surface area is 130 Å². The number of amides is 1. The predicted molar refractivity (Wildman–Crippen MR) is 87.7 cm³/mol. The number of carbonyl (C=O) groups excluding carboxylic acids is 1. The molecule has 0 atom stereocenters. The molecule has 0 saturated carbocycles. The van der Waals surface area contributed by atoms with Crippen LogP contribution in [0.25, 0.3) is 0 Å². The van der Waals surface area contributed by atoms with E-state index in [9.17, 15) is 9.90 Å². The number of benzene rings is 2. The van der Waals surface area contributed by atoms with Crippen molar-refractivity contribution in [2.75, 3.05) is 25.0 Å². The van der Waals surface area contributed by atoms with Gasteiger partial charge >= 0.3 is 0 Å². The van der Waals surface area contributed by atoms with E-state index in [4.69, 9.17) is 0 Å². The van der Waals surface area contributed by atoms with Crippen LogP contribution in [0.1, 0.15) is 23.2 Å². The summed E-state index contributed by atoms with van der Waals surface area (Å²) in [5.74, 6) is 0.375. The second-order valence-corrected chi connectivity index (χ2v) is 5.62. The van der Waals surface area contributed by atoms with E-state index in [2.05, 4.69) is 0 Å². The maximum absolute atomic E-state index is 12.3. The molecule has 2 aromatic rings. The first-order valence-electron chi connectivity index (χ1n) is 7.57. The van der Waals surface area contributed by atoms with Crippen LogP contribution in [0.3, 0.4) is 0 Å². The Bertz CT molecular complexity index is 644. The van der Waals surface area contributed by atoms with Gasteiger partial charge in [0.25, 0.3) is 5.91 Å². The van der Waals surface area contributed by atoms with Gasteiger partial charge in [0.05, 0.1) is 0 Å². The van der Waals surface area contributed by atoms with Gasteiger partial charge in [-0.05, 0) is 61.4 Å². The molecule has 1 aliphatic rings. The molecule has 114 valence electrons. The van der Waals surface area contributed by atoms with E-state index in [1.54, 1.807) is 12.1 Å². The Balaban J connectivity index is 1.75. The highest BCUT2D eigenvalue weighted by atomic mass is 16.3. The van der Waals surface area contributed by atoms with Gasteiger partial charge in [0, 0.05) is 37.1 Å². The SMILES string of the molecule is CN(c1ccc(O)cc1)c1ccc(C(=O)N2CCCC2)cc1. The molecule has 2 aromatic carbocycles. The lowest BCUT2D eigenvalue weighted by Crippen LogP contribution is -2.27. The van der Waals surface area contributed by atoms with Gasteiger partial charge in [-0.1, -0.05) is 0 Å². The van der Waals surface area contributed by atoms with E-state index in [1.807, 2.05) is 53.2 Å². The lowest BCUT2D eigenvalue weighted by atomic mass is 10.1. The Morgan fingerprint density at radius 2 is 1.45 bits per heavy atom. The molecule has 0 aromatic heterocycles. The molecule has 0 spiro atoms. The quantitative estimate of drug-likeness (QED) is 0.944. The molecule has 1 fully saturated rings. The average Bonchev–Trinajstić information content (AvgIpc) is 3.09. The fraction of sp³-hybridized carbons (Fsp3) is 0.278. The minimum absolute atomic E-state index is 0.122. The molecule has 1 amide bonds. The van der Waals surface area contributed by atoms with Crippen molar-refractivity contribution < 1.29 is 9.90 Å². The number of phenolic OH excluding ortho intramolecular Hbond substituents is 1. The highest BCUT2D eigenvalue weighted by Crippen LogP contribution is 2.25. The summed E-state index contributed by atoms with van der Waals surface area (Å²) in [6.07, 6.45) is 2.21. The lowest BCUT2D eigenvalue weighted by Gasteiger charge is -2.20. The van der Waals surface area contributed by atoms with Crippen molar-refractivity contribution in [3.8, 4) is 5.75 Å². The standard InChI is InChI=1S/C18H20N2O2/c1-19(16-8-10-17(21)11-9-16)15-6-4-14(5-7-15)18(22)20-12-2-3-13-20/h4-11,21H,2-3,12-13H2,1H3. The number of phenols is 1. The minimum Gasteiger partial charge on any atom is -0.508 e. The van der Waals surface area contributed by atoms with Crippen LogP contribution in [-0.4, -0.2) is 36.1 Å². The molecule has 0 radical (unpaired) electrons. The van der Waals surface area contributed by atoms with Crippen molar-refractivity contribution in [2.24, 2.45) is 0 Å². The van der Waals surface area contributed by atoms with Crippen LogP contribution in [0.2, 0.25) is 0 Å². The first-order chi connectivity index (χ1) is 10.6. The summed E-state index contributed by atoms with van der Waals surface area (Å²) in [6.45, 7) is 1.74. The third-order valence-electron chi connectivity index (χ3n) is 4.13. The first-order valence-corrected chi connectivity index (χ1v) is 7.57. The fourth-order valence-corrected chi connectivity index (χ4v) is 2.76. The zero-order valence-corrected chi connectivity index (χ0v) is 12.7. The molecule has 0 bridgehead atoms. The van der Waals surface area contributed by atoms with E-state index in [1.165, 1.54) is 0 Å².